The molecule has 0 bridgehead atoms. The molecule has 5 heteroatoms. The van der Waals surface area contributed by atoms with Gasteiger partial charge in [0.25, 0.3) is 6.71 Å². The van der Waals surface area contributed by atoms with Crippen LogP contribution in [0.15, 0.2) is 231 Å². The fourth-order valence-corrected chi connectivity index (χ4v) is 14.9. The lowest BCUT2D eigenvalue weighted by molar-refractivity contribution is 1.10. The fraction of sp³-hybridized carbons (Fsp3) is 0.0141. The summed E-state index contributed by atoms with van der Waals surface area (Å²) >= 11 is 0. The number of rotatable bonds is 2. The molecule has 0 atom stereocenters. The molecule has 0 amide bonds. The lowest BCUT2D eigenvalue weighted by Gasteiger charge is -2.34. The number of fused-ring (bicyclic) bond motifs is 24. The molecule has 17 aromatic rings. The van der Waals surface area contributed by atoms with E-state index in [9.17, 15) is 0 Å². The normalized spacial score (nSPS) is 13.0. The molecule has 4 aromatic heterocycles. The molecule has 348 valence electrons. The zero-order valence-electron chi connectivity index (χ0n) is 41.3. The lowest BCUT2D eigenvalue weighted by Crippen LogP contribution is -2.59. The van der Waals surface area contributed by atoms with Crippen LogP contribution in [-0.4, -0.2) is 25.0 Å². The second kappa shape index (κ2) is 13.9. The van der Waals surface area contributed by atoms with Crippen LogP contribution in [0.1, 0.15) is 5.56 Å². The van der Waals surface area contributed by atoms with E-state index in [1.165, 1.54) is 164 Å². The highest BCUT2D eigenvalue weighted by Gasteiger charge is 2.42. The molecule has 6 heterocycles. The van der Waals surface area contributed by atoms with E-state index in [4.69, 9.17) is 0 Å². The quantitative estimate of drug-likeness (QED) is 0.154. The van der Waals surface area contributed by atoms with Crippen molar-refractivity contribution in [3.8, 4) is 22.7 Å². The summed E-state index contributed by atoms with van der Waals surface area (Å²) in [5.74, 6) is 0. The Morgan fingerprint density at radius 1 is 0.276 bits per heavy atom. The van der Waals surface area contributed by atoms with Gasteiger partial charge in [-0.15, -0.1) is 0 Å². The Labute approximate surface area is 435 Å². The molecule has 0 N–H and O–H groups in total. The minimum absolute atomic E-state index is 0.0426. The van der Waals surface area contributed by atoms with Crippen LogP contribution in [0.25, 0.3) is 153 Å². The molecule has 0 spiro atoms. The van der Waals surface area contributed by atoms with Crippen molar-refractivity contribution < 1.29 is 0 Å². The number of benzene rings is 13. The smallest absolute Gasteiger partial charge is 0.252 e. The Bertz CT molecular complexity index is 5290. The summed E-state index contributed by atoms with van der Waals surface area (Å²) in [7, 11) is 0. The molecule has 0 saturated carbocycles. The van der Waals surface area contributed by atoms with Crippen LogP contribution in [0.4, 0.5) is 0 Å². The van der Waals surface area contributed by atoms with Crippen LogP contribution in [0.5, 0.6) is 0 Å². The predicted molar refractivity (Wildman–Crippen MR) is 323 cm³/mol. The van der Waals surface area contributed by atoms with Crippen LogP contribution in [0, 0.1) is 6.92 Å². The molecule has 0 saturated heterocycles. The van der Waals surface area contributed by atoms with E-state index >= 15 is 0 Å². The fourth-order valence-electron chi connectivity index (χ4n) is 14.9. The van der Waals surface area contributed by atoms with Gasteiger partial charge in [-0.25, -0.2) is 0 Å². The summed E-state index contributed by atoms with van der Waals surface area (Å²) in [6.07, 6.45) is 0. The average molecular weight is 961 g/mol. The minimum atomic E-state index is -0.0426. The molecule has 2 aliphatic heterocycles. The number of hydrogen-bond acceptors (Lipinski definition) is 0. The zero-order valence-corrected chi connectivity index (χ0v) is 41.3. The van der Waals surface area contributed by atoms with Gasteiger partial charge >= 0.3 is 0 Å². The van der Waals surface area contributed by atoms with Gasteiger partial charge in [-0.05, 0) is 133 Å². The van der Waals surface area contributed by atoms with Crippen LogP contribution in [0.2, 0.25) is 0 Å². The van der Waals surface area contributed by atoms with E-state index in [0.717, 1.165) is 11.4 Å². The molecule has 0 fully saturated rings. The lowest BCUT2D eigenvalue weighted by atomic mass is 9.34. The minimum Gasteiger partial charge on any atom is -0.310 e. The first kappa shape index (κ1) is 39.7. The van der Waals surface area contributed by atoms with Crippen LogP contribution in [-0.2, 0) is 0 Å². The van der Waals surface area contributed by atoms with Crippen molar-refractivity contribution in [2.45, 2.75) is 6.92 Å². The molecule has 13 aromatic carbocycles. The SMILES string of the molecule is Cc1ccc2c(c1)c1cc(-n3c4ccccc4c4ccccc43)ccc1n2-c1cc2c3c(c1)-n1c4ccc5ccccc5c4c4c5ccccc5cc(c41)B3c1cc3ccccc3c3c4c5ccccc5ccc4n-2c13. The number of hydrogen-bond donors (Lipinski definition) is 0. The topological polar surface area (TPSA) is 19.7 Å². The van der Waals surface area contributed by atoms with Crippen molar-refractivity contribution in [1.82, 2.24) is 18.3 Å². The maximum absolute atomic E-state index is 2.67. The van der Waals surface area contributed by atoms with Gasteiger partial charge in [0.05, 0.1) is 49.8 Å². The average Bonchev–Trinajstić information content (AvgIpc) is 4.34. The van der Waals surface area contributed by atoms with Gasteiger partial charge < -0.3 is 18.3 Å². The molecule has 76 heavy (non-hydrogen) atoms. The van der Waals surface area contributed by atoms with Crippen LogP contribution < -0.4 is 16.4 Å². The molecule has 4 nitrogen and oxygen atoms in total. The van der Waals surface area contributed by atoms with Crippen molar-refractivity contribution in [3.63, 3.8) is 0 Å². The highest BCUT2D eigenvalue weighted by atomic mass is 15.1. The van der Waals surface area contributed by atoms with Gasteiger partial charge in [-0.1, -0.05) is 169 Å². The first-order valence-corrected chi connectivity index (χ1v) is 26.6. The van der Waals surface area contributed by atoms with Gasteiger partial charge in [-0.3, -0.25) is 0 Å². The van der Waals surface area contributed by atoms with E-state index in [1.54, 1.807) is 0 Å². The monoisotopic (exact) mass is 960 g/mol. The van der Waals surface area contributed by atoms with Crippen molar-refractivity contribution in [3.05, 3.63) is 236 Å². The van der Waals surface area contributed by atoms with Gasteiger partial charge in [0.2, 0.25) is 0 Å². The number of aromatic nitrogens is 4. The summed E-state index contributed by atoms with van der Waals surface area (Å²) in [6.45, 7) is 2.18. The maximum atomic E-state index is 2.67. The van der Waals surface area contributed by atoms with Crippen molar-refractivity contribution in [2.24, 2.45) is 0 Å². The second-order valence-corrected chi connectivity index (χ2v) is 21.6. The van der Waals surface area contributed by atoms with Gasteiger partial charge in [0.1, 0.15) is 0 Å². The van der Waals surface area contributed by atoms with Crippen molar-refractivity contribution >= 4 is 153 Å². The summed E-state index contributed by atoms with van der Waals surface area (Å²) in [5, 5.41) is 20.5. The molecule has 19 rings (SSSR count). The Morgan fingerprint density at radius 2 is 0.684 bits per heavy atom. The van der Waals surface area contributed by atoms with Gasteiger partial charge in [0, 0.05) is 60.2 Å². The summed E-state index contributed by atoms with van der Waals surface area (Å²) in [6, 6.07) is 87.7. The standard InChI is InChI=1S/C71H41BN4/c1-40-26-30-59-53(34-40)54-37-45(73-57-24-12-10-22-51(57)52-23-11-13-25-58(52)73)29-33-60(54)74(59)46-38-63-69-64(39-46)76-62-32-28-42-15-3-7-19-48(42)66(62)68-50-21-9-5-17-44(50)36-56(71(68)76)72(69)55-35-43-16-4-8-20-49(43)67-65-47-18-6-2-14-41(47)27-31-61(65)75(63)70(55)67/h2-39H,1H3. The Morgan fingerprint density at radius 3 is 1.22 bits per heavy atom. The van der Waals surface area contributed by atoms with E-state index in [0.29, 0.717) is 0 Å². The highest BCUT2D eigenvalue weighted by Crippen LogP contribution is 2.47. The first-order valence-electron chi connectivity index (χ1n) is 26.6. The molecule has 0 aliphatic carbocycles. The van der Waals surface area contributed by atoms with E-state index in [2.05, 4.69) is 256 Å². The third-order valence-electron chi connectivity index (χ3n) is 17.9. The maximum Gasteiger partial charge on any atom is 0.252 e. The predicted octanol–water partition coefficient (Wildman–Crippen LogP) is 16.1. The molecule has 0 radical (unpaired) electrons. The summed E-state index contributed by atoms with van der Waals surface area (Å²) in [5.41, 5.74) is 19.9. The third-order valence-corrected chi connectivity index (χ3v) is 17.9. The third kappa shape index (κ3) is 4.75. The van der Waals surface area contributed by atoms with Crippen LogP contribution >= 0.6 is 0 Å². The second-order valence-electron chi connectivity index (χ2n) is 21.6. The molecule has 2 aliphatic rings. The van der Waals surface area contributed by atoms with Crippen LogP contribution in [0.3, 0.4) is 0 Å². The summed E-state index contributed by atoms with van der Waals surface area (Å²) in [4.78, 5) is 0. The number of para-hydroxylation sites is 2. The summed E-state index contributed by atoms with van der Waals surface area (Å²) < 4.78 is 10.3. The van der Waals surface area contributed by atoms with Crippen molar-refractivity contribution in [1.29, 1.82) is 0 Å². The Balaban J connectivity index is 1.01. The molecule has 0 unspecified atom stereocenters. The first-order chi connectivity index (χ1) is 37.6. The molecular weight excluding hydrogens is 920 g/mol. The Hall–Kier alpha value is -9.84. The molecular formula is C71H41BN4. The van der Waals surface area contributed by atoms with Crippen molar-refractivity contribution in [2.75, 3.05) is 0 Å². The zero-order chi connectivity index (χ0) is 49.2. The highest BCUT2D eigenvalue weighted by molar-refractivity contribution is 7.00. The van der Waals surface area contributed by atoms with Gasteiger partial charge in [0.15, 0.2) is 0 Å². The number of aryl methyl sites for hydroxylation is 1. The van der Waals surface area contributed by atoms with E-state index in [-0.39, 0.29) is 6.71 Å². The van der Waals surface area contributed by atoms with E-state index < -0.39 is 0 Å². The van der Waals surface area contributed by atoms with E-state index in [1.807, 2.05) is 0 Å². The van der Waals surface area contributed by atoms with Gasteiger partial charge in [-0.2, -0.15) is 0 Å². The Kier molecular flexibility index (Phi) is 7.23. The number of nitrogens with zero attached hydrogens (tertiary/aromatic N) is 4. The largest absolute Gasteiger partial charge is 0.310 e.